The zero-order chi connectivity index (χ0) is 9.80. The van der Waals surface area contributed by atoms with E-state index >= 15 is 0 Å². The monoisotopic (exact) mass is 194 g/mol. The predicted octanol–water partition coefficient (Wildman–Crippen LogP) is 2.13. The second kappa shape index (κ2) is 4.44. The van der Waals surface area contributed by atoms with Gasteiger partial charge in [0.2, 0.25) is 0 Å². The Labute approximate surface area is 83.6 Å². The molecule has 0 N–H and O–H groups in total. The third kappa shape index (κ3) is 2.05. The van der Waals surface area contributed by atoms with Gasteiger partial charge in [-0.15, -0.1) is 0 Å². The average molecular weight is 194 g/mol. The first-order chi connectivity index (χ1) is 6.90. The standard InChI is InChI=1S/C11H14O3/c1-2-12-10-5-3-4-9(8-10)11-13-6-7-14-11/h3-5,8,11H,2,6-7H2,1H3. The number of ether oxygens (including phenoxy) is 3. The molecule has 76 valence electrons. The third-order valence-corrected chi connectivity index (χ3v) is 2.06. The SMILES string of the molecule is CCOc1cccc(C2OCCO2)c1. The predicted molar refractivity (Wildman–Crippen MR) is 52.3 cm³/mol. The molecule has 1 saturated heterocycles. The summed E-state index contributed by atoms with van der Waals surface area (Å²) >= 11 is 0. The van der Waals surface area contributed by atoms with Crippen molar-refractivity contribution in [2.45, 2.75) is 13.2 Å². The molecule has 0 aromatic heterocycles. The number of hydrogen-bond acceptors (Lipinski definition) is 3. The smallest absolute Gasteiger partial charge is 0.184 e. The first-order valence-electron chi connectivity index (χ1n) is 4.86. The van der Waals surface area contributed by atoms with Crippen LogP contribution in [-0.2, 0) is 9.47 Å². The molecule has 3 nitrogen and oxygen atoms in total. The molecule has 2 rings (SSSR count). The van der Waals surface area contributed by atoms with Gasteiger partial charge in [0.1, 0.15) is 5.75 Å². The third-order valence-electron chi connectivity index (χ3n) is 2.06. The van der Waals surface area contributed by atoms with Gasteiger partial charge < -0.3 is 14.2 Å². The lowest BCUT2D eigenvalue weighted by Crippen LogP contribution is -1.99. The summed E-state index contributed by atoms with van der Waals surface area (Å²) in [7, 11) is 0. The van der Waals surface area contributed by atoms with Crippen molar-refractivity contribution in [1.29, 1.82) is 0 Å². The van der Waals surface area contributed by atoms with Gasteiger partial charge in [-0.25, -0.2) is 0 Å². The number of benzene rings is 1. The second-order valence-electron chi connectivity index (χ2n) is 3.08. The van der Waals surface area contributed by atoms with Gasteiger partial charge in [-0.1, -0.05) is 12.1 Å². The minimum absolute atomic E-state index is 0.213. The van der Waals surface area contributed by atoms with Crippen LogP contribution in [0.25, 0.3) is 0 Å². The van der Waals surface area contributed by atoms with E-state index in [0.29, 0.717) is 19.8 Å². The van der Waals surface area contributed by atoms with Crippen molar-refractivity contribution in [3.63, 3.8) is 0 Å². The van der Waals surface area contributed by atoms with Crippen LogP contribution >= 0.6 is 0 Å². The maximum atomic E-state index is 5.39. The van der Waals surface area contributed by atoms with E-state index < -0.39 is 0 Å². The number of rotatable bonds is 3. The minimum atomic E-state index is -0.213. The van der Waals surface area contributed by atoms with E-state index in [2.05, 4.69) is 0 Å². The fourth-order valence-corrected chi connectivity index (χ4v) is 1.47. The Hall–Kier alpha value is -1.06. The second-order valence-corrected chi connectivity index (χ2v) is 3.08. The molecule has 0 aliphatic carbocycles. The van der Waals surface area contributed by atoms with Gasteiger partial charge in [0.25, 0.3) is 0 Å². The van der Waals surface area contributed by atoms with E-state index in [1.165, 1.54) is 0 Å². The molecule has 0 bridgehead atoms. The van der Waals surface area contributed by atoms with Crippen LogP contribution in [0.1, 0.15) is 18.8 Å². The van der Waals surface area contributed by atoms with E-state index in [1.807, 2.05) is 31.2 Å². The van der Waals surface area contributed by atoms with Gasteiger partial charge in [0.15, 0.2) is 6.29 Å². The quantitative estimate of drug-likeness (QED) is 0.737. The highest BCUT2D eigenvalue weighted by atomic mass is 16.7. The molecule has 3 heteroatoms. The zero-order valence-corrected chi connectivity index (χ0v) is 8.23. The van der Waals surface area contributed by atoms with E-state index in [-0.39, 0.29) is 6.29 Å². The van der Waals surface area contributed by atoms with Crippen molar-refractivity contribution in [2.75, 3.05) is 19.8 Å². The van der Waals surface area contributed by atoms with Gasteiger partial charge in [-0.05, 0) is 19.1 Å². The molecular formula is C11H14O3. The molecule has 1 fully saturated rings. The minimum Gasteiger partial charge on any atom is -0.494 e. The Bertz CT molecular complexity index is 292. The molecule has 0 saturated carbocycles. The van der Waals surface area contributed by atoms with E-state index in [9.17, 15) is 0 Å². The summed E-state index contributed by atoms with van der Waals surface area (Å²) < 4.78 is 16.2. The molecule has 1 aromatic carbocycles. The van der Waals surface area contributed by atoms with Crippen LogP contribution in [0.2, 0.25) is 0 Å². The normalized spacial score (nSPS) is 17.2. The van der Waals surface area contributed by atoms with Crippen LogP contribution in [0.5, 0.6) is 5.75 Å². The van der Waals surface area contributed by atoms with Crippen LogP contribution in [0.15, 0.2) is 24.3 Å². The van der Waals surface area contributed by atoms with Crippen molar-refractivity contribution in [3.05, 3.63) is 29.8 Å². The largest absolute Gasteiger partial charge is 0.494 e. The molecule has 1 aliphatic rings. The molecule has 1 aromatic rings. The highest BCUT2D eigenvalue weighted by Gasteiger charge is 2.18. The Morgan fingerprint density at radius 2 is 2.14 bits per heavy atom. The highest BCUT2D eigenvalue weighted by Crippen LogP contribution is 2.25. The van der Waals surface area contributed by atoms with Crippen molar-refractivity contribution in [3.8, 4) is 5.75 Å². The summed E-state index contributed by atoms with van der Waals surface area (Å²) in [5.41, 5.74) is 1.02. The Morgan fingerprint density at radius 3 is 2.86 bits per heavy atom. The van der Waals surface area contributed by atoms with E-state index in [4.69, 9.17) is 14.2 Å². The van der Waals surface area contributed by atoms with Crippen molar-refractivity contribution < 1.29 is 14.2 Å². The fourth-order valence-electron chi connectivity index (χ4n) is 1.47. The van der Waals surface area contributed by atoms with Gasteiger partial charge in [0.05, 0.1) is 19.8 Å². The summed E-state index contributed by atoms with van der Waals surface area (Å²) in [5, 5.41) is 0. The molecule has 0 amide bonds. The van der Waals surface area contributed by atoms with Crippen molar-refractivity contribution in [1.82, 2.24) is 0 Å². The van der Waals surface area contributed by atoms with Crippen molar-refractivity contribution in [2.24, 2.45) is 0 Å². The maximum absolute atomic E-state index is 5.39. The topological polar surface area (TPSA) is 27.7 Å². The number of hydrogen-bond donors (Lipinski definition) is 0. The average Bonchev–Trinajstić information content (AvgIpc) is 2.71. The fraction of sp³-hybridized carbons (Fsp3) is 0.455. The lowest BCUT2D eigenvalue weighted by molar-refractivity contribution is -0.0442. The maximum Gasteiger partial charge on any atom is 0.184 e. The Kier molecular flexibility index (Phi) is 3.01. The molecular weight excluding hydrogens is 180 g/mol. The lowest BCUT2D eigenvalue weighted by Gasteiger charge is -2.10. The zero-order valence-electron chi connectivity index (χ0n) is 8.23. The summed E-state index contributed by atoms with van der Waals surface area (Å²) in [6, 6.07) is 7.82. The summed E-state index contributed by atoms with van der Waals surface area (Å²) in [4.78, 5) is 0. The van der Waals surface area contributed by atoms with Crippen LogP contribution in [-0.4, -0.2) is 19.8 Å². The molecule has 14 heavy (non-hydrogen) atoms. The van der Waals surface area contributed by atoms with Crippen LogP contribution in [0, 0.1) is 0 Å². The molecule has 0 atom stereocenters. The lowest BCUT2D eigenvalue weighted by atomic mass is 10.2. The Morgan fingerprint density at radius 1 is 1.36 bits per heavy atom. The first-order valence-corrected chi connectivity index (χ1v) is 4.86. The van der Waals surface area contributed by atoms with Gasteiger partial charge >= 0.3 is 0 Å². The summed E-state index contributed by atoms with van der Waals surface area (Å²) in [6.45, 7) is 3.98. The summed E-state index contributed by atoms with van der Waals surface area (Å²) in [6.07, 6.45) is -0.213. The first kappa shape index (κ1) is 9.49. The van der Waals surface area contributed by atoms with E-state index in [1.54, 1.807) is 0 Å². The Balaban J connectivity index is 2.12. The van der Waals surface area contributed by atoms with Crippen LogP contribution in [0.3, 0.4) is 0 Å². The van der Waals surface area contributed by atoms with Gasteiger partial charge in [0, 0.05) is 5.56 Å². The van der Waals surface area contributed by atoms with Crippen LogP contribution in [0.4, 0.5) is 0 Å². The van der Waals surface area contributed by atoms with Gasteiger partial charge in [-0.2, -0.15) is 0 Å². The summed E-state index contributed by atoms with van der Waals surface area (Å²) in [5.74, 6) is 0.865. The molecule has 0 spiro atoms. The molecule has 0 radical (unpaired) electrons. The van der Waals surface area contributed by atoms with E-state index in [0.717, 1.165) is 11.3 Å². The highest BCUT2D eigenvalue weighted by molar-refractivity contribution is 5.29. The van der Waals surface area contributed by atoms with Crippen LogP contribution < -0.4 is 4.74 Å². The van der Waals surface area contributed by atoms with Gasteiger partial charge in [-0.3, -0.25) is 0 Å². The molecule has 0 unspecified atom stereocenters. The van der Waals surface area contributed by atoms with Crippen molar-refractivity contribution >= 4 is 0 Å². The molecule has 1 heterocycles. The molecule has 1 aliphatic heterocycles.